The number of carbonyl (C=O) groups excluding carboxylic acids is 1. The van der Waals surface area contributed by atoms with Crippen molar-refractivity contribution in [3.05, 3.63) is 0 Å². The van der Waals surface area contributed by atoms with Gasteiger partial charge < -0.3 is 0 Å². The minimum Gasteiger partial charge on any atom is -0.281 e. The topological polar surface area (TPSA) is 17.1 Å². The van der Waals surface area contributed by atoms with Crippen molar-refractivity contribution in [2.24, 2.45) is 0 Å². The molecule has 0 aromatic heterocycles. The third-order valence-electron chi connectivity index (χ3n) is 1.01. The first-order valence-corrected chi connectivity index (χ1v) is 4.51. The summed E-state index contributed by atoms with van der Waals surface area (Å²) in [5.74, 6) is 0. The van der Waals surface area contributed by atoms with Gasteiger partial charge >= 0.3 is 0 Å². The monoisotopic (exact) mass is 248 g/mol. The molecule has 10 heavy (non-hydrogen) atoms. The van der Waals surface area contributed by atoms with E-state index in [1.807, 2.05) is 0 Å². The van der Waals surface area contributed by atoms with Crippen LogP contribution in [0.2, 0.25) is 0 Å². The quantitative estimate of drug-likeness (QED) is 0.416. The summed E-state index contributed by atoms with van der Waals surface area (Å²) in [6.07, 6.45) is 3.66. The van der Waals surface area contributed by atoms with E-state index in [0.29, 0.717) is 6.42 Å². The van der Waals surface area contributed by atoms with Crippen LogP contribution in [-0.4, -0.2) is 10.6 Å². The highest BCUT2D eigenvalue weighted by Crippen LogP contribution is 2.03. The molecular formula is C6H11BrCl2O. The first-order chi connectivity index (χ1) is 4.27. The zero-order valence-corrected chi connectivity index (χ0v) is 8.77. The summed E-state index contributed by atoms with van der Waals surface area (Å²) >= 11 is 8.40. The smallest absolute Gasteiger partial charge is 0.221 e. The summed E-state index contributed by atoms with van der Waals surface area (Å²) in [4.78, 5) is 10.2. The Morgan fingerprint density at radius 1 is 1.30 bits per heavy atom. The molecular weight excluding hydrogens is 239 g/mol. The van der Waals surface area contributed by atoms with E-state index in [0.717, 1.165) is 24.6 Å². The van der Waals surface area contributed by atoms with Crippen LogP contribution in [0.4, 0.5) is 0 Å². The number of hydrogen-bond donors (Lipinski definition) is 0. The largest absolute Gasteiger partial charge is 0.281 e. The zero-order chi connectivity index (χ0) is 7.11. The Morgan fingerprint density at radius 2 is 1.90 bits per heavy atom. The Kier molecular flexibility index (Phi) is 13.0. The lowest BCUT2D eigenvalue weighted by atomic mass is 10.2. The maximum absolute atomic E-state index is 10.2. The van der Waals surface area contributed by atoms with Crippen LogP contribution in [0.25, 0.3) is 0 Å². The van der Waals surface area contributed by atoms with Gasteiger partial charge in [-0.1, -0.05) is 22.4 Å². The van der Waals surface area contributed by atoms with Crippen LogP contribution in [0.1, 0.15) is 25.7 Å². The highest BCUT2D eigenvalue weighted by Gasteiger charge is 1.93. The van der Waals surface area contributed by atoms with E-state index < -0.39 is 0 Å². The Morgan fingerprint density at radius 3 is 2.30 bits per heavy atom. The molecule has 0 aromatic rings. The van der Waals surface area contributed by atoms with E-state index in [-0.39, 0.29) is 17.6 Å². The molecule has 0 spiro atoms. The fourth-order valence-electron chi connectivity index (χ4n) is 0.535. The molecule has 0 aliphatic rings. The van der Waals surface area contributed by atoms with E-state index in [1.54, 1.807) is 0 Å². The van der Waals surface area contributed by atoms with Gasteiger partial charge in [-0.05, 0) is 24.4 Å². The van der Waals surface area contributed by atoms with Gasteiger partial charge in [0.25, 0.3) is 0 Å². The van der Waals surface area contributed by atoms with Gasteiger partial charge in [0.2, 0.25) is 5.24 Å². The summed E-state index contributed by atoms with van der Waals surface area (Å²) in [5.41, 5.74) is 0. The first-order valence-electron chi connectivity index (χ1n) is 3.01. The Balaban J connectivity index is 0. The van der Waals surface area contributed by atoms with Crippen LogP contribution in [0.3, 0.4) is 0 Å². The molecule has 0 atom stereocenters. The molecule has 4 heteroatoms. The van der Waals surface area contributed by atoms with Crippen molar-refractivity contribution in [3.63, 3.8) is 0 Å². The molecule has 0 heterocycles. The number of rotatable bonds is 5. The molecule has 0 radical (unpaired) electrons. The third-order valence-corrected chi connectivity index (χ3v) is 1.76. The van der Waals surface area contributed by atoms with Crippen molar-refractivity contribution in [3.8, 4) is 0 Å². The Labute approximate surface area is 81.0 Å². The lowest BCUT2D eigenvalue weighted by Crippen LogP contribution is -1.85. The molecule has 0 aromatic carbocycles. The molecule has 0 bridgehead atoms. The second-order valence-corrected chi connectivity index (χ2v) is 3.07. The molecule has 0 unspecified atom stereocenters. The molecule has 0 aliphatic heterocycles. The maximum Gasteiger partial charge on any atom is 0.221 e. The van der Waals surface area contributed by atoms with Gasteiger partial charge in [0, 0.05) is 11.8 Å². The van der Waals surface area contributed by atoms with E-state index in [2.05, 4.69) is 15.9 Å². The molecule has 62 valence electrons. The van der Waals surface area contributed by atoms with Gasteiger partial charge in [0.1, 0.15) is 0 Å². The van der Waals surface area contributed by atoms with Crippen molar-refractivity contribution in [2.75, 3.05) is 5.33 Å². The van der Waals surface area contributed by atoms with E-state index in [4.69, 9.17) is 11.6 Å². The van der Waals surface area contributed by atoms with Crippen LogP contribution in [0, 0.1) is 0 Å². The molecule has 1 nitrogen and oxygen atoms in total. The van der Waals surface area contributed by atoms with Crippen LogP contribution in [0.5, 0.6) is 0 Å². The van der Waals surface area contributed by atoms with Crippen LogP contribution >= 0.6 is 39.9 Å². The maximum atomic E-state index is 10.2. The summed E-state index contributed by atoms with van der Waals surface area (Å²) in [7, 11) is 0. The number of hydrogen-bond acceptors (Lipinski definition) is 1. The predicted octanol–water partition coefficient (Wildman–Crippen LogP) is 3.13. The molecule has 0 fully saturated rings. The summed E-state index contributed by atoms with van der Waals surface area (Å²) < 4.78 is 0. The highest BCUT2D eigenvalue weighted by molar-refractivity contribution is 9.09. The van der Waals surface area contributed by atoms with Crippen molar-refractivity contribution < 1.29 is 4.79 Å². The van der Waals surface area contributed by atoms with E-state index in [9.17, 15) is 4.79 Å². The number of carbonyl (C=O) groups is 1. The summed E-state index contributed by atoms with van der Waals surface area (Å²) in [5, 5.41) is 0.799. The molecule has 0 saturated heterocycles. The number of unbranched alkanes of at least 4 members (excludes halogenated alkanes) is 2. The molecule has 0 amide bonds. The first kappa shape index (κ1) is 13.3. The van der Waals surface area contributed by atoms with Crippen LogP contribution in [0.15, 0.2) is 0 Å². The molecule has 0 N–H and O–H groups in total. The summed E-state index contributed by atoms with van der Waals surface area (Å²) in [6.45, 7) is 0. The van der Waals surface area contributed by atoms with Crippen LogP contribution in [-0.2, 0) is 4.79 Å². The zero-order valence-electron chi connectivity index (χ0n) is 5.61. The number of alkyl halides is 1. The standard InChI is InChI=1S/C6H10BrClO.ClH/c7-5-3-1-2-4-6(8)9;/h1-5H2;1H. The fraction of sp³-hybridized carbons (Fsp3) is 0.833. The third kappa shape index (κ3) is 11.5. The van der Waals surface area contributed by atoms with E-state index >= 15 is 0 Å². The Hall–Kier alpha value is 0.730. The van der Waals surface area contributed by atoms with Crippen molar-refractivity contribution >= 4 is 45.2 Å². The summed E-state index contributed by atoms with van der Waals surface area (Å²) in [6, 6.07) is 0. The van der Waals surface area contributed by atoms with Gasteiger partial charge in [-0.3, -0.25) is 4.79 Å². The fourth-order valence-corrected chi connectivity index (χ4v) is 1.07. The van der Waals surface area contributed by atoms with Crippen molar-refractivity contribution in [1.29, 1.82) is 0 Å². The molecule has 0 saturated carbocycles. The minimum absolute atomic E-state index is 0. The van der Waals surface area contributed by atoms with Gasteiger partial charge in [-0.2, -0.15) is 0 Å². The predicted molar refractivity (Wildman–Crippen MR) is 50.4 cm³/mol. The normalized spacial score (nSPS) is 8.60. The van der Waals surface area contributed by atoms with Gasteiger partial charge in [-0.25, -0.2) is 0 Å². The lowest BCUT2D eigenvalue weighted by Gasteiger charge is -1.91. The van der Waals surface area contributed by atoms with Gasteiger partial charge in [-0.15, -0.1) is 12.4 Å². The SMILES string of the molecule is Cl.O=C(Cl)CCCCCBr. The van der Waals surface area contributed by atoms with Gasteiger partial charge in [0.15, 0.2) is 0 Å². The second-order valence-electron chi connectivity index (χ2n) is 1.85. The van der Waals surface area contributed by atoms with Gasteiger partial charge in [0.05, 0.1) is 0 Å². The number of halogens is 3. The van der Waals surface area contributed by atoms with E-state index in [1.165, 1.54) is 0 Å². The van der Waals surface area contributed by atoms with Crippen molar-refractivity contribution in [2.45, 2.75) is 25.7 Å². The lowest BCUT2D eigenvalue weighted by molar-refractivity contribution is -0.111. The second kappa shape index (κ2) is 9.73. The van der Waals surface area contributed by atoms with Crippen molar-refractivity contribution in [1.82, 2.24) is 0 Å². The Bertz CT molecular complexity index is 87.8. The van der Waals surface area contributed by atoms with Crippen LogP contribution < -0.4 is 0 Å². The average molecular weight is 250 g/mol. The molecule has 0 aliphatic carbocycles. The molecule has 0 rings (SSSR count). The minimum atomic E-state index is -0.218. The highest BCUT2D eigenvalue weighted by atomic mass is 79.9. The average Bonchev–Trinajstić information content (AvgIpc) is 1.80.